The smallest absolute Gasteiger partial charge is 0.105 e. The van der Waals surface area contributed by atoms with Crippen molar-refractivity contribution in [3.05, 3.63) is 18.0 Å². The van der Waals surface area contributed by atoms with Crippen molar-refractivity contribution in [3.63, 3.8) is 0 Å². The standard InChI is InChI=1S/C13H23N3O2/c1-3-5-16-9-12(8-15-16)7-14-10-13(17)4-6-18-11(13)2/h8-9,11,14,17H,3-7,10H2,1-2H3. The molecule has 2 atom stereocenters. The van der Waals surface area contributed by atoms with Gasteiger partial charge in [0.2, 0.25) is 0 Å². The highest BCUT2D eigenvalue weighted by molar-refractivity contribution is 5.04. The number of nitrogens with zero attached hydrogens (tertiary/aromatic N) is 2. The molecule has 1 aliphatic rings. The summed E-state index contributed by atoms with van der Waals surface area (Å²) >= 11 is 0. The first-order chi connectivity index (χ1) is 8.64. The molecule has 102 valence electrons. The van der Waals surface area contributed by atoms with E-state index in [0.29, 0.717) is 19.6 Å². The van der Waals surface area contributed by atoms with Gasteiger partial charge in [0.15, 0.2) is 0 Å². The van der Waals surface area contributed by atoms with E-state index in [9.17, 15) is 5.11 Å². The van der Waals surface area contributed by atoms with E-state index in [2.05, 4.69) is 23.5 Å². The van der Waals surface area contributed by atoms with Crippen LogP contribution in [0, 0.1) is 0 Å². The molecule has 2 N–H and O–H groups in total. The Morgan fingerprint density at radius 2 is 2.50 bits per heavy atom. The fourth-order valence-corrected chi connectivity index (χ4v) is 2.28. The molecule has 0 aromatic carbocycles. The van der Waals surface area contributed by atoms with E-state index in [1.807, 2.05) is 17.8 Å². The third-order valence-corrected chi connectivity index (χ3v) is 3.56. The highest BCUT2D eigenvalue weighted by Crippen LogP contribution is 2.24. The molecule has 2 unspecified atom stereocenters. The Hall–Kier alpha value is -0.910. The second-order valence-corrected chi connectivity index (χ2v) is 5.08. The first-order valence-electron chi connectivity index (χ1n) is 6.70. The van der Waals surface area contributed by atoms with Gasteiger partial charge < -0.3 is 15.2 Å². The summed E-state index contributed by atoms with van der Waals surface area (Å²) in [5.74, 6) is 0. The highest BCUT2D eigenvalue weighted by Gasteiger charge is 2.38. The second-order valence-electron chi connectivity index (χ2n) is 5.08. The van der Waals surface area contributed by atoms with Gasteiger partial charge >= 0.3 is 0 Å². The Kier molecular flexibility index (Phi) is 4.37. The predicted molar refractivity (Wildman–Crippen MR) is 69.2 cm³/mol. The van der Waals surface area contributed by atoms with E-state index in [4.69, 9.17) is 4.74 Å². The van der Waals surface area contributed by atoms with E-state index >= 15 is 0 Å². The lowest BCUT2D eigenvalue weighted by Crippen LogP contribution is -2.45. The lowest BCUT2D eigenvalue weighted by Gasteiger charge is -2.26. The number of hydrogen-bond donors (Lipinski definition) is 2. The molecule has 5 heteroatoms. The molecule has 0 saturated carbocycles. The summed E-state index contributed by atoms with van der Waals surface area (Å²) < 4.78 is 7.35. The van der Waals surface area contributed by atoms with E-state index in [-0.39, 0.29) is 6.10 Å². The second kappa shape index (κ2) is 5.82. The molecule has 0 aliphatic carbocycles. The van der Waals surface area contributed by atoms with Gasteiger partial charge in [-0.2, -0.15) is 5.10 Å². The Morgan fingerprint density at radius 3 is 3.17 bits per heavy atom. The molecular formula is C13H23N3O2. The van der Waals surface area contributed by atoms with Crippen molar-refractivity contribution < 1.29 is 9.84 Å². The fraction of sp³-hybridized carbons (Fsp3) is 0.769. The predicted octanol–water partition coefficient (Wildman–Crippen LogP) is 0.923. The van der Waals surface area contributed by atoms with Crippen molar-refractivity contribution in [2.75, 3.05) is 13.2 Å². The van der Waals surface area contributed by atoms with Crippen molar-refractivity contribution in [2.45, 2.75) is 51.5 Å². The zero-order valence-electron chi connectivity index (χ0n) is 11.2. The summed E-state index contributed by atoms with van der Waals surface area (Å²) in [6, 6.07) is 0. The third kappa shape index (κ3) is 3.10. The molecule has 0 bridgehead atoms. The van der Waals surface area contributed by atoms with Gasteiger partial charge in [-0.05, 0) is 13.3 Å². The van der Waals surface area contributed by atoms with Crippen LogP contribution in [0.25, 0.3) is 0 Å². The van der Waals surface area contributed by atoms with Gasteiger partial charge in [0, 0.05) is 44.4 Å². The Bertz CT molecular complexity index is 380. The maximum atomic E-state index is 10.3. The minimum Gasteiger partial charge on any atom is -0.386 e. The minimum atomic E-state index is -0.723. The van der Waals surface area contributed by atoms with Gasteiger partial charge in [-0.25, -0.2) is 0 Å². The van der Waals surface area contributed by atoms with Crippen LogP contribution in [0.5, 0.6) is 0 Å². The monoisotopic (exact) mass is 253 g/mol. The van der Waals surface area contributed by atoms with Crippen LogP contribution in [0.4, 0.5) is 0 Å². The van der Waals surface area contributed by atoms with E-state index in [0.717, 1.165) is 25.1 Å². The van der Waals surface area contributed by atoms with E-state index in [1.54, 1.807) is 0 Å². The first kappa shape index (κ1) is 13.5. The summed E-state index contributed by atoms with van der Waals surface area (Å²) in [4.78, 5) is 0. The molecule has 1 aromatic rings. The number of nitrogens with one attached hydrogen (secondary N) is 1. The molecule has 2 heterocycles. The van der Waals surface area contributed by atoms with Crippen molar-refractivity contribution in [3.8, 4) is 0 Å². The van der Waals surface area contributed by atoms with Gasteiger partial charge in [0.05, 0.1) is 12.3 Å². The van der Waals surface area contributed by atoms with Crippen LogP contribution in [-0.4, -0.2) is 39.7 Å². The molecule has 1 fully saturated rings. The van der Waals surface area contributed by atoms with Gasteiger partial charge in [0.1, 0.15) is 5.60 Å². The van der Waals surface area contributed by atoms with E-state index in [1.165, 1.54) is 0 Å². The molecule has 0 radical (unpaired) electrons. The van der Waals surface area contributed by atoms with Crippen LogP contribution >= 0.6 is 0 Å². The van der Waals surface area contributed by atoms with Crippen LogP contribution in [0.1, 0.15) is 32.3 Å². The Labute approximate surface area is 108 Å². The average molecular weight is 253 g/mol. The van der Waals surface area contributed by atoms with Gasteiger partial charge in [-0.15, -0.1) is 0 Å². The molecule has 1 saturated heterocycles. The average Bonchev–Trinajstić information content (AvgIpc) is 2.89. The van der Waals surface area contributed by atoms with Crippen LogP contribution in [0.15, 0.2) is 12.4 Å². The summed E-state index contributed by atoms with van der Waals surface area (Å²) in [6.07, 6.45) is 5.63. The summed E-state index contributed by atoms with van der Waals surface area (Å²) in [5, 5.41) is 17.9. The zero-order valence-corrected chi connectivity index (χ0v) is 11.2. The molecule has 0 amide bonds. The molecule has 0 spiro atoms. The minimum absolute atomic E-state index is 0.0900. The normalized spacial score (nSPS) is 27.8. The quantitative estimate of drug-likeness (QED) is 0.791. The fourth-order valence-electron chi connectivity index (χ4n) is 2.28. The lowest BCUT2D eigenvalue weighted by atomic mass is 9.97. The SMILES string of the molecule is CCCn1cc(CNCC2(O)CCOC2C)cn1. The van der Waals surface area contributed by atoms with Crippen molar-refractivity contribution >= 4 is 0 Å². The number of aryl methyl sites for hydroxylation is 1. The number of aliphatic hydroxyl groups is 1. The zero-order chi connectivity index (χ0) is 13.0. The van der Waals surface area contributed by atoms with Crippen molar-refractivity contribution in [1.29, 1.82) is 0 Å². The molecule has 18 heavy (non-hydrogen) atoms. The largest absolute Gasteiger partial charge is 0.386 e. The molecular weight excluding hydrogens is 230 g/mol. The third-order valence-electron chi connectivity index (χ3n) is 3.56. The molecule has 5 nitrogen and oxygen atoms in total. The van der Waals surface area contributed by atoms with Gasteiger partial charge in [0.25, 0.3) is 0 Å². The van der Waals surface area contributed by atoms with Crippen LogP contribution in [-0.2, 0) is 17.8 Å². The van der Waals surface area contributed by atoms with Gasteiger partial charge in [-0.3, -0.25) is 4.68 Å². The summed E-state index contributed by atoms with van der Waals surface area (Å²) in [7, 11) is 0. The topological polar surface area (TPSA) is 59.3 Å². The number of ether oxygens (including phenoxy) is 1. The Balaban J connectivity index is 1.77. The molecule has 2 rings (SSSR count). The van der Waals surface area contributed by atoms with Crippen molar-refractivity contribution in [1.82, 2.24) is 15.1 Å². The maximum Gasteiger partial charge on any atom is 0.105 e. The maximum absolute atomic E-state index is 10.3. The van der Waals surface area contributed by atoms with Crippen LogP contribution < -0.4 is 5.32 Å². The molecule has 1 aromatic heterocycles. The highest BCUT2D eigenvalue weighted by atomic mass is 16.5. The first-order valence-corrected chi connectivity index (χ1v) is 6.70. The summed E-state index contributed by atoms with van der Waals surface area (Å²) in [5.41, 5.74) is 0.429. The van der Waals surface area contributed by atoms with Gasteiger partial charge in [-0.1, -0.05) is 6.92 Å². The lowest BCUT2D eigenvalue weighted by molar-refractivity contribution is -0.0262. The Morgan fingerprint density at radius 1 is 1.67 bits per heavy atom. The van der Waals surface area contributed by atoms with Crippen LogP contribution in [0.3, 0.4) is 0 Å². The number of aromatic nitrogens is 2. The summed E-state index contributed by atoms with van der Waals surface area (Å²) in [6.45, 7) is 6.96. The van der Waals surface area contributed by atoms with Crippen molar-refractivity contribution in [2.24, 2.45) is 0 Å². The number of hydrogen-bond acceptors (Lipinski definition) is 4. The number of rotatable bonds is 6. The van der Waals surface area contributed by atoms with E-state index < -0.39 is 5.60 Å². The molecule has 1 aliphatic heterocycles. The van der Waals surface area contributed by atoms with Crippen LogP contribution in [0.2, 0.25) is 0 Å².